The summed E-state index contributed by atoms with van der Waals surface area (Å²) in [5.74, 6) is 4.16. The molecule has 4 aromatic carbocycles. The van der Waals surface area contributed by atoms with Gasteiger partial charge in [-0.05, 0) is 64.2 Å². The molecule has 0 fully saturated rings. The quantitative estimate of drug-likeness (QED) is 0.0115. The van der Waals surface area contributed by atoms with E-state index in [-0.39, 0.29) is 11.7 Å². The van der Waals surface area contributed by atoms with Gasteiger partial charge in [-0.2, -0.15) is 15.3 Å². The number of imidazole rings is 1. The number of thiazole rings is 4. The fraction of sp³-hybridized carbons (Fsp3) is 0.159. The first-order chi connectivity index (χ1) is 71.0. The topological polar surface area (TPSA) is 407 Å². The summed E-state index contributed by atoms with van der Waals surface area (Å²) >= 11 is 6.11. The lowest BCUT2D eigenvalue weighted by atomic mass is 10.1. The number of benzene rings is 4. The zero-order chi connectivity index (χ0) is 101. The molecule has 146 heavy (non-hydrogen) atoms. The Morgan fingerprint density at radius 3 is 1.43 bits per heavy atom. The van der Waals surface area contributed by atoms with Crippen LogP contribution in [0.1, 0.15) is 84.1 Å². The molecular formula is C107H108N32O3S4+6. The predicted octanol–water partition coefficient (Wildman–Crippen LogP) is 13.3. The van der Waals surface area contributed by atoms with Crippen molar-refractivity contribution >= 4 is 157 Å². The number of aryl methyl sites for hydroxylation is 6. The van der Waals surface area contributed by atoms with Crippen LogP contribution in [0.5, 0.6) is 0 Å². The first-order valence-corrected chi connectivity index (χ1v) is 50.1. The van der Waals surface area contributed by atoms with Crippen LogP contribution in [0.25, 0.3) is 49.3 Å². The standard InChI is InChI=1S/C21H20N5.C19H18N5S.C18H17N6S.C18H18N5S.C16H18N5OS.C15H16N6O2/c1-25-12-9-20-18(15-25)8-13-26(20)14-16-2-4-17(5-3-16)21(22)24-19-6-10-23-11-7-19;1-23-9-7-17-16(13-23)6-10-24(17)12-14-2-4-15(5-3-14)18(20)22-19-21-8-11-25-19;1-23-8-6-16-15(12-23)10-21-24(16)11-13-2-4-14(5-3-13)17(19)22-18-20-7-9-25-18;1-21-8-6-18-22(9-10-23(18)21)13-14-2-4-15(5-3-14)16(19)12-17-20-7-11-24-17;1-19-4-2-16-20(5-6-21(16)19)10-13-8-12(11-22-13)14(17)9-15-18-3-7-23-15;1-10(22)18-19-15(16)11-5-13(23-9-11)8-21-14-3-4-20(2)7-12(14)6-17-21/h2-13,15H,14H2,1H3,(H2,22,23,24);2-11,13H,12H2,1H3,(H2,20,21,22);2-10,12H,11H2,1H3,(H2,19,20,22);2-11,19H,12-13H2,1H3;2-4,7-8,11,17H,5-6,9-10H2,1H3;3-7,9H,8H2,1-2H3,(H2-,16,18,19,22)/q5*+1;/p+1. The summed E-state index contributed by atoms with van der Waals surface area (Å²) in [5, 5.41) is 44.7. The molecule has 1 aliphatic rings. The fourth-order valence-electron chi connectivity index (χ4n) is 16.5. The lowest BCUT2D eigenvalue weighted by Crippen LogP contribution is -2.37. The van der Waals surface area contributed by atoms with Gasteiger partial charge in [-0.1, -0.05) is 97.1 Å². The van der Waals surface area contributed by atoms with E-state index >= 15 is 0 Å². The molecule has 39 heteroatoms. The number of aliphatic imine (C=N–C) groups is 3. The van der Waals surface area contributed by atoms with E-state index in [9.17, 15) is 4.79 Å². The number of hydrogen-bond acceptors (Lipinski definition) is 21. The van der Waals surface area contributed by atoms with Crippen molar-refractivity contribution in [1.82, 2.24) is 72.9 Å². The second kappa shape index (κ2) is 45.8. The molecule has 0 bridgehead atoms. The molecule has 35 nitrogen and oxygen atoms in total. The van der Waals surface area contributed by atoms with E-state index in [1.165, 1.54) is 80.2 Å². The second-order valence-electron chi connectivity index (χ2n) is 34.7. The minimum Gasteiger partial charge on any atom is -0.467 e. The first kappa shape index (κ1) is 98.4. The average Bonchev–Trinajstić information content (AvgIpc) is 1.57. The number of carbonyl (C=O) groups excluding carboxylic acids is 1. The zero-order valence-corrected chi connectivity index (χ0v) is 84.5. The minimum atomic E-state index is -0.284. The summed E-state index contributed by atoms with van der Waals surface area (Å²) in [4.78, 5) is 46.9. The Kier molecular flexibility index (Phi) is 30.9. The van der Waals surface area contributed by atoms with E-state index in [1.54, 1.807) is 72.2 Å². The van der Waals surface area contributed by atoms with E-state index in [2.05, 4.69) is 273 Å². The van der Waals surface area contributed by atoms with E-state index in [1.807, 2.05) is 179 Å². The number of anilines is 1. The van der Waals surface area contributed by atoms with Crippen LogP contribution < -0.4 is 60.8 Å². The Balaban J connectivity index is 0.000000115. The number of aromatic nitrogens is 20. The Hall–Kier alpha value is -17.8. The van der Waals surface area contributed by atoms with Crippen molar-refractivity contribution in [3.8, 4) is 0 Å². The van der Waals surface area contributed by atoms with Gasteiger partial charge in [0.15, 0.2) is 80.7 Å². The number of pyridine rings is 5. The summed E-state index contributed by atoms with van der Waals surface area (Å²) in [7, 11) is 12.1. The number of hydrazone groups is 1. The molecule has 23 rings (SSSR count). The van der Waals surface area contributed by atoms with Crippen LogP contribution in [-0.4, -0.2) is 115 Å². The number of nitrogens with zero attached hydrogens (tertiary/aromatic N) is 25. The fourth-order valence-corrected chi connectivity index (χ4v) is 18.7. The van der Waals surface area contributed by atoms with Crippen molar-refractivity contribution in [3.05, 3.63) is 417 Å². The third kappa shape index (κ3) is 25.0. The molecule has 1 aliphatic heterocycles. The van der Waals surface area contributed by atoms with Gasteiger partial charge >= 0.3 is 5.65 Å². The van der Waals surface area contributed by atoms with Gasteiger partial charge in [0.05, 0.1) is 116 Å². The lowest BCUT2D eigenvalue weighted by Gasteiger charge is -2.13. The third-order valence-corrected chi connectivity index (χ3v) is 26.9. The number of hydrogen-bond donors (Lipinski definition) is 7. The average molecular weight is 2020 g/mol. The molecule has 732 valence electrons. The third-order valence-electron chi connectivity index (χ3n) is 24.0. The van der Waals surface area contributed by atoms with Crippen LogP contribution >= 0.6 is 45.3 Å². The van der Waals surface area contributed by atoms with Gasteiger partial charge in [0, 0.05) is 188 Å². The molecule has 19 heterocycles. The molecule has 0 saturated heterocycles. The molecule has 0 spiro atoms. The highest BCUT2D eigenvalue weighted by Gasteiger charge is 2.27. The van der Waals surface area contributed by atoms with Crippen molar-refractivity contribution in [3.63, 3.8) is 0 Å². The highest BCUT2D eigenvalue weighted by molar-refractivity contribution is 7.13. The lowest BCUT2D eigenvalue weighted by molar-refractivity contribution is -0.751. The van der Waals surface area contributed by atoms with Crippen molar-refractivity contribution < 1.29 is 41.1 Å². The Morgan fingerprint density at radius 1 is 0.445 bits per heavy atom. The maximum atomic E-state index is 10.8. The van der Waals surface area contributed by atoms with Crippen LogP contribution in [-0.2, 0) is 106 Å². The van der Waals surface area contributed by atoms with Gasteiger partial charge in [0.25, 0.3) is 0 Å². The summed E-state index contributed by atoms with van der Waals surface area (Å²) in [6.45, 7) is 7.71. The van der Waals surface area contributed by atoms with Crippen LogP contribution in [0.2, 0.25) is 0 Å². The highest BCUT2D eigenvalue weighted by Crippen LogP contribution is 2.27. The van der Waals surface area contributed by atoms with Gasteiger partial charge in [-0.3, -0.25) is 19.1 Å². The van der Waals surface area contributed by atoms with Gasteiger partial charge in [-0.25, -0.2) is 67.9 Å². The van der Waals surface area contributed by atoms with Gasteiger partial charge in [-0.15, -0.1) is 59.2 Å². The SMILES string of the molecule is CC(=O)NN=C(N)c1coc(Cn2ncc3c[n+](C)ccc32)c1.C[n+]1ccc2c(ccn2Cc2ccc(C(N)=Nc3ccncc3)cc2)c1.C[n+]1ccc2c(ccn2Cc2ccc(C(N)=Nc3nccs3)cc2)c1.C[n+]1ccc2c(cnn2Cc2ccc(C(N)=Nc3nccs3)cc2)c1.C[n+]1ccc2n1CCN2Cc1cc(C(=N)Cc2nccs2)co1.Cn1ccc2n1cc[n+]2Cc1ccc(C(=N)Cc2nccs2)cc1. The highest BCUT2D eigenvalue weighted by atomic mass is 32.1. The molecule has 0 atom stereocenters. The monoisotopic (exact) mass is 2020 g/mol. The molecule has 22 aromatic rings. The number of amides is 1. The van der Waals surface area contributed by atoms with Gasteiger partial charge in [0.1, 0.15) is 76.2 Å². The van der Waals surface area contributed by atoms with Crippen LogP contribution in [0, 0.1) is 10.8 Å². The normalized spacial score (nSPS) is 12.0. The summed E-state index contributed by atoms with van der Waals surface area (Å²) in [6, 6.07) is 57.0. The van der Waals surface area contributed by atoms with Crippen LogP contribution in [0.4, 0.5) is 21.8 Å². The van der Waals surface area contributed by atoms with E-state index in [0.717, 1.165) is 122 Å². The number of amidine groups is 4. The zero-order valence-electron chi connectivity index (χ0n) is 81.3. The molecule has 1 amide bonds. The van der Waals surface area contributed by atoms with Crippen LogP contribution in [0.15, 0.2) is 369 Å². The van der Waals surface area contributed by atoms with E-state index < -0.39 is 0 Å². The van der Waals surface area contributed by atoms with E-state index in [0.29, 0.717) is 76.4 Å². The number of nitrogens with two attached hydrogens (primary N) is 4. The van der Waals surface area contributed by atoms with Crippen molar-refractivity contribution in [2.75, 3.05) is 11.4 Å². The summed E-state index contributed by atoms with van der Waals surface area (Å²) in [5.41, 5.74) is 44.0. The predicted molar refractivity (Wildman–Crippen MR) is 569 cm³/mol. The molecule has 11 N–H and O–H groups in total. The molecule has 0 saturated carbocycles. The van der Waals surface area contributed by atoms with Gasteiger partial charge in [0.2, 0.25) is 16.2 Å². The van der Waals surface area contributed by atoms with Gasteiger partial charge < -0.3 is 56.6 Å². The van der Waals surface area contributed by atoms with Crippen molar-refractivity contribution in [2.45, 2.75) is 65.6 Å². The smallest absolute Gasteiger partial charge is 0.307 e. The maximum Gasteiger partial charge on any atom is 0.307 e. The first-order valence-electron chi connectivity index (χ1n) is 46.6. The summed E-state index contributed by atoms with van der Waals surface area (Å²) in [6.07, 6.45) is 47.4. The number of furan rings is 2. The Morgan fingerprint density at radius 2 is 0.911 bits per heavy atom. The number of rotatable bonds is 26. The Labute approximate surface area is 855 Å². The molecule has 0 radical (unpaired) electrons. The largest absolute Gasteiger partial charge is 0.467 e. The van der Waals surface area contributed by atoms with Crippen LogP contribution in [0.3, 0.4) is 0 Å². The number of nitrogens with one attached hydrogen (secondary N) is 3. The summed E-state index contributed by atoms with van der Waals surface area (Å²) < 4.78 is 38.4. The van der Waals surface area contributed by atoms with Crippen molar-refractivity contribution in [2.24, 2.45) is 85.3 Å². The van der Waals surface area contributed by atoms with Crippen molar-refractivity contribution in [1.29, 1.82) is 10.8 Å². The van der Waals surface area contributed by atoms with E-state index in [4.69, 9.17) is 42.6 Å². The maximum absolute atomic E-state index is 10.8. The molecule has 0 aliphatic carbocycles. The number of fused-ring (bicyclic) bond motifs is 6. The minimum absolute atomic E-state index is 0.188. The molecular weight excluding hydrogens is 1910 g/mol. The second-order valence-corrected chi connectivity index (χ2v) is 38.4. The molecule has 18 aromatic heterocycles. The molecule has 0 unspecified atom stereocenters. The number of carbonyl (C=O) groups is 1. The Bertz CT molecular complexity index is 8170.